The lowest BCUT2D eigenvalue weighted by Crippen LogP contribution is -2.50. The molecule has 15 heteroatoms. The van der Waals surface area contributed by atoms with Crippen molar-refractivity contribution in [2.24, 2.45) is 0 Å². The first kappa shape index (κ1) is 29.0. The van der Waals surface area contributed by atoms with Crippen molar-refractivity contribution in [2.45, 2.75) is 37.0 Å². The summed E-state index contributed by atoms with van der Waals surface area (Å²) in [7, 11) is 0.907. The summed E-state index contributed by atoms with van der Waals surface area (Å²) in [4.78, 5) is 12.3. The molecule has 0 amide bonds. The monoisotopic (exact) mass is 535 g/mol. The third kappa shape index (κ3) is 8.19. The second-order valence-electron chi connectivity index (χ2n) is 7.25. The van der Waals surface area contributed by atoms with E-state index in [1.807, 2.05) is 0 Å². The van der Waals surface area contributed by atoms with Crippen LogP contribution in [0.2, 0.25) is 0 Å². The number of carbonyl (C=O) groups is 1. The lowest BCUT2D eigenvalue weighted by Gasteiger charge is -2.37. The van der Waals surface area contributed by atoms with Gasteiger partial charge < -0.3 is 24.6 Å². The molecule has 200 valence electrons. The Morgan fingerprint density at radius 2 is 1.31 bits per heavy atom. The molecule has 0 fully saturated rings. The van der Waals surface area contributed by atoms with Gasteiger partial charge in [0.15, 0.2) is 6.10 Å². The molecular formula is C21H18F9NO5. The normalized spacial score (nSPS) is 13.8. The van der Waals surface area contributed by atoms with Gasteiger partial charge in [-0.2, -0.15) is 13.2 Å². The zero-order valence-electron chi connectivity index (χ0n) is 18.1. The molecule has 0 aliphatic heterocycles. The number of aliphatic hydroxyl groups is 1. The zero-order chi connectivity index (χ0) is 27.4. The molecule has 0 aliphatic carbocycles. The molecule has 1 atom stereocenters. The Morgan fingerprint density at radius 3 is 1.67 bits per heavy atom. The molecule has 0 saturated heterocycles. The minimum absolute atomic E-state index is 0.326. The van der Waals surface area contributed by atoms with Crippen molar-refractivity contribution < 1.29 is 63.6 Å². The zero-order valence-corrected chi connectivity index (χ0v) is 18.1. The van der Waals surface area contributed by atoms with Crippen LogP contribution in [-0.2, 0) is 15.1 Å². The van der Waals surface area contributed by atoms with E-state index in [1.165, 1.54) is 0 Å². The molecule has 2 aromatic carbocycles. The van der Waals surface area contributed by atoms with Gasteiger partial charge in [0.2, 0.25) is 0 Å². The van der Waals surface area contributed by atoms with Crippen molar-refractivity contribution in [2.75, 3.05) is 13.7 Å². The average Bonchev–Trinajstić information content (AvgIpc) is 2.73. The van der Waals surface area contributed by atoms with E-state index in [-0.39, 0.29) is 11.1 Å². The Hall–Kier alpha value is -3.20. The van der Waals surface area contributed by atoms with E-state index >= 15 is 0 Å². The number of aliphatic hydroxyl groups excluding tert-OH is 1. The number of benzene rings is 2. The number of hydrogen-bond acceptors (Lipinski definition) is 6. The van der Waals surface area contributed by atoms with Gasteiger partial charge in [-0.1, -0.05) is 24.3 Å². The van der Waals surface area contributed by atoms with Crippen LogP contribution in [0.1, 0.15) is 17.5 Å². The average molecular weight is 535 g/mol. The maximum Gasteiger partial charge on any atom is 0.573 e. The van der Waals surface area contributed by atoms with Crippen molar-refractivity contribution in [3.8, 4) is 11.5 Å². The fourth-order valence-electron chi connectivity index (χ4n) is 3.23. The second kappa shape index (κ2) is 10.8. The molecule has 0 unspecified atom stereocenters. The van der Waals surface area contributed by atoms with Gasteiger partial charge in [-0.3, -0.25) is 4.79 Å². The highest BCUT2D eigenvalue weighted by Crippen LogP contribution is 2.38. The van der Waals surface area contributed by atoms with E-state index in [0.29, 0.717) is 0 Å². The fourth-order valence-corrected chi connectivity index (χ4v) is 3.23. The maximum atomic E-state index is 13.0. The number of carbonyl (C=O) groups excluding carboxylic acids is 1. The van der Waals surface area contributed by atoms with Crippen LogP contribution in [0.4, 0.5) is 39.5 Å². The van der Waals surface area contributed by atoms with Crippen LogP contribution < -0.4 is 14.8 Å². The Kier molecular flexibility index (Phi) is 8.73. The Balaban J connectivity index is 2.74. The smallest absolute Gasteiger partial charge is 0.469 e. The van der Waals surface area contributed by atoms with Crippen LogP contribution in [0.3, 0.4) is 0 Å². The highest BCUT2D eigenvalue weighted by Gasteiger charge is 2.43. The molecule has 0 bridgehead atoms. The molecule has 36 heavy (non-hydrogen) atoms. The molecule has 0 spiro atoms. The minimum atomic E-state index is -5.16. The standard InChI is InChI=1S/C21H18F9NO5/c1-34-17(33)10-18(31-11-16(32)19(22,23)24,12-4-2-6-14(8-12)35-20(25,26)27)13-5-3-7-15(9-13)36-21(28,29)30/h2-9,16,31-32H,10-11H2,1H3/t16-/m1/s1. The van der Waals surface area contributed by atoms with Gasteiger partial charge >= 0.3 is 24.9 Å². The molecule has 2 aromatic rings. The van der Waals surface area contributed by atoms with Crippen LogP contribution in [-0.4, -0.2) is 49.7 Å². The Labute approximate surface area is 197 Å². The van der Waals surface area contributed by atoms with Gasteiger partial charge in [0.25, 0.3) is 0 Å². The molecule has 0 saturated carbocycles. The predicted molar refractivity (Wildman–Crippen MR) is 104 cm³/mol. The summed E-state index contributed by atoms with van der Waals surface area (Å²) >= 11 is 0. The Bertz CT molecular complexity index is 978. The summed E-state index contributed by atoms with van der Waals surface area (Å²) < 4.78 is 128. The van der Waals surface area contributed by atoms with Gasteiger partial charge in [-0.15, -0.1) is 26.3 Å². The van der Waals surface area contributed by atoms with E-state index in [1.54, 1.807) is 0 Å². The number of hydrogen-bond donors (Lipinski definition) is 2. The van der Waals surface area contributed by atoms with Crippen molar-refractivity contribution in [3.05, 3.63) is 59.7 Å². The highest BCUT2D eigenvalue weighted by molar-refractivity contribution is 5.72. The van der Waals surface area contributed by atoms with Crippen LogP contribution in [0.15, 0.2) is 48.5 Å². The molecule has 6 nitrogen and oxygen atoms in total. The molecular weight excluding hydrogens is 517 g/mol. The van der Waals surface area contributed by atoms with E-state index in [9.17, 15) is 49.4 Å². The lowest BCUT2D eigenvalue weighted by atomic mass is 9.79. The lowest BCUT2D eigenvalue weighted by molar-refractivity contribution is -0.275. The van der Waals surface area contributed by atoms with E-state index in [4.69, 9.17) is 0 Å². The number of rotatable bonds is 9. The molecule has 0 aliphatic rings. The van der Waals surface area contributed by atoms with Crippen molar-refractivity contribution in [1.29, 1.82) is 0 Å². The molecule has 2 N–H and O–H groups in total. The SMILES string of the molecule is COC(=O)CC(NC[C@@H](O)C(F)(F)F)(c1cccc(OC(F)(F)F)c1)c1cccc(OC(F)(F)F)c1. The third-order valence-electron chi connectivity index (χ3n) is 4.73. The Morgan fingerprint density at radius 1 is 0.861 bits per heavy atom. The number of ether oxygens (including phenoxy) is 3. The topological polar surface area (TPSA) is 77.0 Å². The predicted octanol–water partition coefficient (Wildman–Crippen LogP) is 4.80. The fraction of sp³-hybridized carbons (Fsp3) is 0.381. The summed E-state index contributed by atoms with van der Waals surface area (Å²) in [5, 5.41) is 11.8. The first-order chi connectivity index (χ1) is 16.4. The molecule has 0 radical (unpaired) electrons. The summed E-state index contributed by atoms with van der Waals surface area (Å²) in [6.07, 6.45) is -19.4. The first-order valence-electron chi connectivity index (χ1n) is 9.74. The third-order valence-corrected chi connectivity index (χ3v) is 4.73. The maximum absolute atomic E-state index is 13.0. The van der Waals surface area contributed by atoms with Gasteiger partial charge in [-0.25, -0.2) is 0 Å². The van der Waals surface area contributed by atoms with Crippen LogP contribution in [0.5, 0.6) is 11.5 Å². The molecule has 2 rings (SSSR count). The number of methoxy groups -OCH3 is 1. The second-order valence-corrected chi connectivity index (χ2v) is 7.25. The largest absolute Gasteiger partial charge is 0.573 e. The van der Waals surface area contributed by atoms with Crippen molar-refractivity contribution in [3.63, 3.8) is 0 Å². The van der Waals surface area contributed by atoms with Gasteiger partial charge in [-0.05, 0) is 35.4 Å². The number of nitrogens with one attached hydrogen (secondary N) is 1. The minimum Gasteiger partial charge on any atom is -0.469 e. The quantitative estimate of drug-likeness (QED) is 0.355. The van der Waals surface area contributed by atoms with E-state index in [0.717, 1.165) is 55.6 Å². The van der Waals surface area contributed by atoms with E-state index < -0.39 is 61.0 Å². The van der Waals surface area contributed by atoms with Crippen molar-refractivity contribution >= 4 is 5.97 Å². The summed E-state index contributed by atoms with van der Waals surface area (Å²) in [5.41, 5.74) is -2.89. The molecule has 0 aromatic heterocycles. The van der Waals surface area contributed by atoms with Crippen LogP contribution >= 0.6 is 0 Å². The number of esters is 1. The summed E-state index contributed by atoms with van der Waals surface area (Å²) in [6.45, 7) is -1.31. The first-order valence-corrected chi connectivity index (χ1v) is 9.74. The van der Waals surface area contributed by atoms with Crippen LogP contribution in [0.25, 0.3) is 0 Å². The number of halogens is 9. The summed E-state index contributed by atoms with van der Waals surface area (Å²) in [6, 6.07) is 7.37. The van der Waals surface area contributed by atoms with E-state index in [2.05, 4.69) is 19.5 Å². The van der Waals surface area contributed by atoms with Gasteiger partial charge in [0.1, 0.15) is 11.5 Å². The summed E-state index contributed by atoms with van der Waals surface area (Å²) in [5.74, 6) is -2.78. The molecule has 0 heterocycles. The van der Waals surface area contributed by atoms with Crippen LogP contribution in [0, 0.1) is 0 Å². The van der Waals surface area contributed by atoms with Gasteiger partial charge in [0, 0.05) is 6.54 Å². The van der Waals surface area contributed by atoms with Crippen molar-refractivity contribution in [1.82, 2.24) is 5.32 Å². The highest BCUT2D eigenvalue weighted by atomic mass is 19.4. The number of alkyl halides is 9. The van der Waals surface area contributed by atoms with Gasteiger partial charge in [0.05, 0.1) is 19.1 Å².